The number of carbonyl (C=O) groups excluding carboxylic acids is 2. The molecule has 3 heterocycles. The summed E-state index contributed by atoms with van der Waals surface area (Å²) >= 11 is 0. The highest BCUT2D eigenvalue weighted by Crippen LogP contribution is 2.23. The van der Waals surface area contributed by atoms with Crippen molar-refractivity contribution in [3.05, 3.63) is 42.1 Å². The molecular formula is C17H22N4O3. The molecule has 0 bridgehead atoms. The Morgan fingerprint density at radius 3 is 3.04 bits per heavy atom. The molecule has 1 aliphatic rings. The summed E-state index contributed by atoms with van der Waals surface area (Å²) in [7, 11) is 0. The third-order valence-electron chi connectivity index (χ3n) is 4.16. The molecule has 2 amide bonds. The number of rotatable bonds is 6. The third kappa shape index (κ3) is 3.67. The molecule has 7 nitrogen and oxygen atoms in total. The quantitative estimate of drug-likeness (QED) is 0.877. The molecule has 128 valence electrons. The van der Waals surface area contributed by atoms with Crippen LogP contribution in [0, 0.1) is 0 Å². The average Bonchev–Trinajstić information content (AvgIpc) is 3.24. The van der Waals surface area contributed by atoms with E-state index in [4.69, 9.17) is 4.42 Å². The first-order chi connectivity index (χ1) is 11.7. The van der Waals surface area contributed by atoms with E-state index < -0.39 is 0 Å². The summed E-state index contributed by atoms with van der Waals surface area (Å²) in [5.41, 5.74) is 0.967. The van der Waals surface area contributed by atoms with Crippen LogP contribution in [0.2, 0.25) is 0 Å². The van der Waals surface area contributed by atoms with E-state index in [-0.39, 0.29) is 24.3 Å². The van der Waals surface area contributed by atoms with E-state index in [1.807, 2.05) is 28.6 Å². The summed E-state index contributed by atoms with van der Waals surface area (Å²) in [5.74, 6) is 0.764. The largest absolute Gasteiger partial charge is 0.467 e. The van der Waals surface area contributed by atoms with E-state index in [1.165, 1.54) is 0 Å². The molecule has 24 heavy (non-hydrogen) atoms. The van der Waals surface area contributed by atoms with Crippen LogP contribution in [0.1, 0.15) is 43.7 Å². The van der Waals surface area contributed by atoms with Crippen LogP contribution < -0.4 is 5.32 Å². The van der Waals surface area contributed by atoms with Crippen LogP contribution in [0.3, 0.4) is 0 Å². The van der Waals surface area contributed by atoms with Gasteiger partial charge in [-0.25, -0.2) is 0 Å². The van der Waals surface area contributed by atoms with Crippen LogP contribution in [0.4, 0.5) is 0 Å². The van der Waals surface area contributed by atoms with Gasteiger partial charge in [-0.15, -0.1) is 0 Å². The first-order valence-electron chi connectivity index (χ1n) is 8.26. The number of fused-ring (bicyclic) bond motifs is 1. The van der Waals surface area contributed by atoms with Gasteiger partial charge in [0.2, 0.25) is 11.8 Å². The predicted molar refractivity (Wildman–Crippen MR) is 86.8 cm³/mol. The number of aromatic nitrogens is 2. The number of nitrogens with one attached hydrogen (secondary N) is 1. The maximum Gasteiger partial charge on any atom is 0.222 e. The number of hydrogen-bond acceptors (Lipinski definition) is 4. The predicted octanol–water partition coefficient (Wildman–Crippen LogP) is 1.87. The molecule has 0 saturated carbocycles. The van der Waals surface area contributed by atoms with Gasteiger partial charge in [-0.2, -0.15) is 5.10 Å². The zero-order valence-electron chi connectivity index (χ0n) is 13.8. The second kappa shape index (κ2) is 7.33. The molecule has 2 aromatic heterocycles. The second-order valence-corrected chi connectivity index (χ2v) is 6.01. The van der Waals surface area contributed by atoms with Crippen LogP contribution >= 0.6 is 0 Å². The molecule has 0 unspecified atom stereocenters. The molecule has 1 atom stereocenters. The topological polar surface area (TPSA) is 80.4 Å². The minimum atomic E-state index is -0.138. The van der Waals surface area contributed by atoms with Crippen molar-refractivity contribution in [2.24, 2.45) is 0 Å². The molecule has 7 heteroatoms. The summed E-state index contributed by atoms with van der Waals surface area (Å²) in [5, 5.41) is 7.17. The van der Waals surface area contributed by atoms with E-state index in [0.29, 0.717) is 31.8 Å². The zero-order valence-corrected chi connectivity index (χ0v) is 13.8. The molecule has 1 aliphatic heterocycles. The van der Waals surface area contributed by atoms with Crippen molar-refractivity contribution in [3.8, 4) is 0 Å². The molecule has 0 aromatic carbocycles. The van der Waals surface area contributed by atoms with Gasteiger partial charge in [0.15, 0.2) is 0 Å². The normalized spacial score (nSPS) is 16.7. The fraction of sp³-hybridized carbons (Fsp3) is 0.471. The molecule has 3 rings (SSSR count). The minimum absolute atomic E-state index is 0.0809. The average molecular weight is 330 g/mol. The number of amides is 2. The van der Waals surface area contributed by atoms with Crippen LogP contribution in [-0.2, 0) is 22.7 Å². The molecule has 0 aliphatic carbocycles. The number of nitrogens with zero attached hydrogens (tertiary/aromatic N) is 3. The first kappa shape index (κ1) is 16.3. The van der Waals surface area contributed by atoms with Gasteiger partial charge in [-0.05, 0) is 24.6 Å². The maximum absolute atomic E-state index is 12.2. The maximum atomic E-state index is 12.2. The molecule has 0 spiro atoms. The first-order valence-corrected chi connectivity index (χ1v) is 8.26. The summed E-state index contributed by atoms with van der Waals surface area (Å²) in [6.45, 7) is 3.43. The lowest BCUT2D eigenvalue weighted by Gasteiger charge is -2.33. The van der Waals surface area contributed by atoms with E-state index in [1.54, 1.807) is 18.5 Å². The van der Waals surface area contributed by atoms with E-state index in [0.717, 1.165) is 12.1 Å². The highest BCUT2D eigenvalue weighted by molar-refractivity contribution is 5.78. The van der Waals surface area contributed by atoms with Crippen molar-refractivity contribution in [1.29, 1.82) is 0 Å². The van der Waals surface area contributed by atoms with Gasteiger partial charge in [0.1, 0.15) is 5.76 Å². The lowest BCUT2D eigenvalue weighted by Crippen LogP contribution is -2.42. The van der Waals surface area contributed by atoms with E-state index in [9.17, 15) is 9.59 Å². The van der Waals surface area contributed by atoms with Crippen molar-refractivity contribution in [2.45, 2.75) is 45.3 Å². The Hall–Kier alpha value is -2.57. The Morgan fingerprint density at radius 1 is 1.42 bits per heavy atom. The molecule has 0 fully saturated rings. The number of carbonyl (C=O) groups is 2. The van der Waals surface area contributed by atoms with Crippen molar-refractivity contribution < 1.29 is 14.0 Å². The van der Waals surface area contributed by atoms with Gasteiger partial charge in [0, 0.05) is 19.2 Å². The summed E-state index contributed by atoms with van der Waals surface area (Å²) in [6.07, 6.45) is 4.94. The highest BCUT2D eigenvalue weighted by atomic mass is 16.3. The van der Waals surface area contributed by atoms with Gasteiger partial charge in [-0.1, -0.05) is 6.92 Å². The van der Waals surface area contributed by atoms with E-state index >= 15 is 0 Å². The fourth-order valence-corrected chi connectivity index (χ4v) is 2.99. The molecule has 0 radical (unpaired) electrons. The molecule has 0 saturated heterocycles. The summed E-state index contributed by atoms with van der Waals surface area (Å²) in [6, 6.07) is 5.37. The summed E-state index contributed by atoms with van der Waals surface area (Å²) < 4.78 is 7.07. The SMILES string of the molecule is CCCC(=O)N1Cc2ccnn2[C@@H](CC(=O)NCc2ccco2)C1. The van der Waals surface area contributed by atoms with Crippen molar-refractivity contribution >= 4 is 11.8 Å². The Kier molecular flexibility index (Phi) is 4.98. The van der Waals surface area contributed by atoms with E-state index in [2.05, 4.69) is 10.4 Å². The summed E-state index contributed by atoms with van der Waals surface area (Å²) in [4.78, 5) is 26.3. The molecule has 1 N–H and O–H groups in total. The second-order valence-electron chi connectivity index (χ2n) is 6.01. The third-order valence-corrected chi connectivity index (χ3v) is 4.16. The Morgan fingerprint density at radius 2 is 2.29 bits per heavy atom. The molecule has 2 aromatic rings. The lowest BCUT2D eigenvalue weighted by molar-refractivity contribution is -0.134. The van der Waals surface area contributed by atoms with Gasteiger partial charge in [-0.3, -0.25) is 14.3 Å². The fourth-order valence-electron chi connectivity index (χ4n) is 2.99. The Labute approximate surface area is 140 Å². The number of hydrogen-bond donors (Lipinski definition) is 1. The Bertz CT molecular complexity index is 693. The van der Waals surface area contributed by atoms with Crippen LogP contribution in [0.25, 0.3) is 0 Å². The standard InChI is InChI=1S/C17H22N4O3/c1-2-4-17(23)20-11-13-6-7-19-21(13)14(12-20)9-16(22)18-10-15-5-3-8-24-15/h3,5-8,14H,2,4,9-12H2,1H3,(H,18,22)/t14-/m0/s1. The monoisotopic (exact) mass is 330 g/mol. The van der Waals surface area contributed by atoms with Crippen molar-refractivity contribution in [1.82, 2.24) is 20.0 Å². The van der Waals surface area contributed by atoms with Gasteiger partial charge in [0.05, 0.1) is 37.5 Å². The van der Waals surface area contributed by atoms with Crippen molar-refractivity contribution in [3.63, 3.8) is 0 Å². The zero-order chi connectivity index (χ0) is 16.9. The smallest absolute Gasteiger partial charge is 0.222 e. The van der Waals surface area contributed by atoms with Crippen LogP contribution in [0.15, 0.2) is 35.1 Å². The van der Waals surface area contributed by atoms with Gasteiger partial charge < -0.3 is 14.6 Å². The molecular weight excluding hydrogens is 308 g/mol. The van der Waals surface area contributed by atoms with Crippen LogP contribution in [-0.4, -0.2) is 33.0 Å². The van der Waals surface area contributed by atoms with Gasteiger partial charge >= 0.3 is 0 Å². The highest BCUT2D eigenvalue weighted by Gasteiger charge is 2.29. The number of furan rings is 1. The lowest BCUT2D eigenvalue weighted by atomic mass is 10.1. The Balaban J connectivity index is 1.63. The minimum Gasteiger partial charge on any atom is -0.467 e. The van der Waals surface area contributed by atoms with Crippen molar-refractivity contribution in [2.75, 3.05) is 6.54 Å². The van der Waals surface area contributed by atoms with Gasteiger partial charge in [0.25, 0.3) is 0 Å². The van der Waals surface area contributed by atoms with Crippen LogP contribution in [0.5, 0.6) is 0 Å².